The number of nitrogens with two attached hydrogens (primary N) is 1. The van der Waals surface area contributed by atoms with Crippen LogP contribution in [0.3, 0.4) is 0 Å². The molecule has 19 heavy (non-hydrogen) atoms. The first-order chi connectivity index (χ1) is 9.20. The average molecular weight is 260 g/mol. The molecule has 4 heteroatoms. The van der Waals surface area contributed by atoms with E-state index in [0.29, 0.717) is 12.0 Å². The largest absolute Gasteiger partial charge is 0.349 e. The summed E-state index contributed by atoms with van der Waals surface area (Å²) in [6.45, 7) is 4.25. The van der Waals surface area contributed by atoms with Crippen LogP contribution in [0.2, 0.25) is 0 Å². The van der Waals surface area contributed by atoms with E-state index in [4.69, 9.17) is 5.84 Å². The summed E-state index contributed by atoms with van der Waals surface area (Å²) in [7, 11) is 0. The predicted octanol–water partition coefficient (Wildman–Crippen LogP) is 2.41. The standard InChI is InChI=1S/C15H24N4/c1-11-7-3-6-10-14(11)12(2)17-15(19-16)18-13-8-4-5-9-13/h3,6-7,10,12-13H,4-5,8-9,16H2,1-2H3,(H2,17,18,19). The zero-order chi connectivity index (χ0) is 13.7. The summed E-state index contributed by atoms with van der Waals surface area (Å²) in [5.74, 6) is 6.27. The van der Waals surface area contributed by atoms with Gasteiger partial charge in [-0.2, -0.15) is 0 Å². The van der Waals surface area contributed by atoms with Gasteiger partial charge in [0.25, 0.3) is 0 Å². The first-order valence-corrected chi connectivity index (χ1v) is 7.07. The minimum atomic E-state index is 0.192. The molecule has 1 atom stereocenters. The maximum absolute atomic E-state index is 5.57. The minimum Gasteiger partial charge on any atom is -0.349 e. The van der Waals surface area contributed by atoms with Gasteiger partial charge in [0.05, 0.1) is 12.1 Å². The zero-order valence-electron chi connectivity index (χ0n) is 11.8. The lowest BCUT2D eigenvalue weighted by Crippen LogP contribution is -2.43. The van der Waals surface area contributed by atoms with Gasteiger partial charge < -0.3 is 5.32 Å². The summed E-state index contributed by atoms with van der Waals surface area (Å²) in [6.07, 6.45) is 4.90. The van der Waals surface area contributed by atoms with Crippen molar-refractivity contribution >= 4 is 5.96 Å². The van der Waals surface area contributed by atoms with Crippen LogP contribution in [-0.2, 0) is 0 Å². The summed E-state index contributed by atoms with van der Waals surface area (Å²) in [4.78, 5) is 4.66. The third kappa shape index (κ3) is 3.70. The lowest BCUT2D eigenvalue weighted by molar-refractivity contribution is 0.651. The van der Waals surface area contributed by atoms with Crippen molar-refractivity contribution in [1.82, 2.24) is 10.7 Å². The molecule has 0 heterocycles. The molecule has 2 rings (SSSR count). The Bertz CT molecular complexity index is 436. The number of nitrogens with one attached hydrogen (secondary N) is 2. The molecule has 0 amide bonds. The Morgan fingerprint density at radius 3 is 2.63 bits per heavy atom. The number of rotatable bonds is 3. The Morgan fingerprint density at radius 2 is 2.00 bits per heavy atom. The van der Waals surface area contributed by atoms with Crippen molar-refractivity contribution < 1.29 is 0 Å². The number of nitrogens with zero attached hydrogens (tertiary/aromatic N) is 1. The zero-order valence-corrected chi connectivity index (χ0v) is 11.8. The van der Waals surface area contributed by atoms with E-state index in [1.54, 1.807) is 0 Å². The Kier molecular flexibility index (Phi) is 4.80. The van der Waals surface area contributed by atoms with E-state index >= 15 is 0 Å². The fraction of sp³-hybridized carbons (Fsp3) is 0.533. The van der Waals surface area contributed by atoms with Crippen LogP contribution in [0.4, 0.5) is 0 Å². The van der Waals surface area contributed by atoms with E-state index in [2.05, 4.69) is 53.8 Å². The number of guanidine groups is 1. The van der Waals surface area contributed by atoms with Gasteiger partial charge in [-0.3, -0.25) is 5.43 Å². The first-order valence-electron chi connectivity index (χ1n) is 7.07. The Labute approximate surface area is 115 Å². The number of aliphatic imine (C=N–C) groups is 1. The monoisotopic (exact) mass is 260 g/mol. The lowest BCUT2D eigenvalue weighted by Gasteiger charge is -2.19. The van der Waals surface area contributed by atoms with Crippen LogP contribution in [0.25, 0.3) is 0 Å². The smallest absolute Gasteiger partial charge is 0.206 e. The van der Waals surface area contributed by atoms with Gasteiger partial charge >= 0.3 is 0 Å². The van der Waals surface area contributed by atoms with E-state index in [9.17, 15) is 0 Å². The highest BCUT2D eigenvalue weighted by atomic mass is 15.3. The molecule has 104 valence electrons. The molecule has 0 aliphatic heterocycles. The average Bonchev–Trinajstić information content (AvgIpc) is 2.91. The van der Waals surface area contributed by atoms with Crippen molar-refractivity contribution in [2.75, 3.05) is 0 Å². The fourth-order valence-electron chi connectivity index (χ4n) is 2.69. The third-order valence-electron chi connectivity index (χ3n) is 3.78. The van der Waals surface area contributed by atoms with Crippen LogP contribution in [0, 0.1) is 6.92 Å². The minimum absolute atomic E-state index is 0.192. The van der Waals surface area contributed by atoms with Crippen LogP contribution < -0.4 is 16.6 Å². The van der Waals surface area contributed by atoms with E-state index in [-0.39, 0.29) is 6.04 Å². The van der Waals surface area contributed by atoms with Crippen molar-refractivity contribution in [1.29, 1.82) is 0 Å². The summed E-state index contributed by atoms with van der Waals surface area (Å²) in [5, 5.41) is 3.36. The molecule has 1 aliphatic rings. The second-order valence-corrected chi connectivity index (χ2v) is 5.28. The van der Waals surface area contributed by atoms with Gasteiger partial charge in [-0.15, -0.1) is 0 Å². The van der Waals surface area contributed by atoms with Crippen molar-refractivity contribution in [3.8, 4) is 0 Å². The number of hydrazine groups is 1. The number of hydrogen-bond acceptors (Lipinski definition) is 2. The summed E-state index contributed by atoms with van der Waals surface area (Å²) in [5.41, 5.74) is 5.24. The van der Waals surface area contributed by atoms with E-state index in [1.807, 2.05) is 0 Å². The van der Waals surface area contributed by atoms with Gasteiger partial charge in [0, 0.05) is 0 Å². The second-order valence-electron chi connectivity index (χ2n) is 5.28. The molecule has 1 aromatic carbocycles. The Morgan fingerprint density at radius 1 is 1.32 bits per heavy atom. The van der Waals surface area contributed by atoms with Crippen molar-refractivity contribution in [3.63, 3.8) is 0 Å². The van der Waals surface area contributed by atoms with Gasteiger partial charge in [-0.25, -0.2) is 10.8 Å². The number of aryl methyl sites for hydroxylation is 1. The van der Waals surface area contributed by atoms with Gasteiger partial charge in [0.2, 0.25) is 5.96 Å². The third-order valence-corrected chi connectivity index (χ3v) is 3.78. The summed E-state index contributed by atoms with van der Waals surface area (Å²) < 4.78 is 0. The fourth-order valence-corrected chi connectivity index (χ4v) is 2.69. The second kappa shape index (κ2) is 6.57. The van der Waals surface area contributed by atoms with Gasteiger partial charge in [0.1, 0.15) is 0 Å². The molecule has 4 nitrogen and oxygen atoms in total. The molecule has 0 saturated heterocycles. The lowest BCUT2D eigenvalue weighted by atomic mass is 10.0. The maximum atomic E-state index is 5.57. The topological polar surface area (TPSA) is 62.4 Å². The summed E-state index contributed by atoms with van der Waals surface area (Å²) >= 11 is 0. The van der Waals surface area contributed by atoms with E-state index in [1.165, 1.54) is 36.8 Å². The molecule has 4 N–H and O–H groups in total. The molecule has 1 aliphatic carbocycles. The van der Waals surface area contributed by atoms with Crippen LogP contribution >= 0.6 is 0 Å². The molecule has 1 fully saturated rings. The molecule has 0 aromatic heterocycles. The van der Waals surface area contributed by atoms with Crippen LogP contribution in [0.1, 0.15) is 49.8 Å². The molecular formula is C15H24N4. The van der Waals surface area contributed by atoms with Crippen molar-refractivity contribution in [3.05, 3.63) is 35.4 Å². The van der Waals surface area contributed by atoms with E-state index in [0.717, 1.165) is 0 Å². The maximum Gasteiger partial charge on any atom is 0.206 e. The Hall–Kier alpha value is -1.55. The summed E-state index contributed by atoms with van der Waals surface area (Å²) in [6, 6.07) is 8.98. The molecule has 0 bridgehead atoms. The van der Waals surface area contributed by atoms with Gasteiger partial charge in [-0.05, 0) is 37.8 Å². The molecule has 1 saturated carbocycles. The molecule has 1 unspecified atom stereocenters. The first kappa shape index (κ1) is 13.9. The molecule has 1 aromatic rings. The SMILES string of the molecule is Cc1ccccc1C(C)NC(=NC1CCCC1)NN. The van der Waals surface area contributed by atoms with Crippen LogP contribution in [0.5, 0.6) is 0 Å². The van der Waals surface area contributed by atoms with Gasteiger partial charge in [-0.1, -0.05) is 37.1 Å². The van der Waals surface area contributed by atoms with Crippen molar-refractivity contribution in [2.24, 2.45) is 10.8 Å². The van der Waals surface area contributed by atoms with Gasteiger partial charge in [0.15, 0.2) is 0 Å². The normalized spacial score (nSPS) is 18.4. The van der Waals surface area contributed by atoms with Crippen LogP contribution in [0.15, 0.2) is 29.3 Å². The highest BCUT2D eigenvalue weighted by Crippen LogP contribution is 2.21. The highest BCUT2D eigenvalue weighted by Gasteiger charge is 2.16. The Balaban J connectivity index is 2.03. The number of benzene rings is 1. The van der Waals surface area contributed by atoms with Crippen molar-refractivity contribution in [2.45, 2.75) is 51.6 Å². The molecular weight excluding hydrogens is 236 g/mol. The molecule has 0 radical (unpaired) electrons. The predicted molar refractivity (Wildman–Crippen MR) is 79.7 cm³/mol. The quantitative estimate of drug-likeness (QED) is 0.338. The number of hydrogen-bond donors (Lipinski definition) is 3. The highest BCUT2D eigenvalue weighted by molar-refractivity contribution is 5.79. The molecule has 0 spiro atoms. The van der Waals surface area contributed by atoms with Crippen LogP contribution in [-0.4, -0.2) is 12.0 Å². The van der Waals surface area contributed by atoms with E-state index < -0.39 is 0 Å².